The maximum atomic E-state index is 14.8. The molecule has 1 N–H and O–H groups in total. The van der Waals surface area contributed by atoms with Gasteiger partial charge in [-0.05, 0) is 66.9 Å². The summed E-state index contributed by atoms with van der Waals surface area (Å²) >= 11 is 9.85. The molecule has 13 heteroatoms. The van der Waals surface area contributed by atoms with Crippen molar-refractivity contribution in [2.75, 3.05) is 32.2 Å². The van der Waals surface area contributed by atoms with Crippen molar-refractivity contribution in [1.82, 2.24) is 10.2 Å². The molecule has 0 fully saturated rings. The zero-order valence-corrected chi connectivity index (χ0v) is 31.7. The number of carbonyl (C=O) groups excluding carboxylic acids is 2. The Hall–Kier alpha value is -4.26. The van der Waals surface area contributed by atoms with Crippen molar-refractivity contribution in [2.45, 2.75) is 50.2 Å². The first-order valence-electron chi connectivity index (χ1n) is 15.9. The Morgan fingerprint density at radius 2 is 1.48 bits per heavy atom. The fourth-order valence-electron chi connectivity index (χ4n) is 5.26. The third-order valence-corrected chi connectivity index (χ3v) is 10.7. The van der Waals surface area contributed by atoms with E-state index in [2.05, 4.69) is 21.2 Å². The van der Waals surface area contributed by atoms with Crippen molar-refractivity contribution in [2.24, 2.45) is 0 Å². The maximum Gasteiger partial charge on any atom is 0.265 e. The van der Waals surface area contributed by atoms with Gasteiger partial charge < -0.3 is 24.4 Å². The minimum absolute atomic E-state index is 0.0223. The van der Waals surface area contributed by atoms with Gasteiger partial charge in [-0.3, -0.25) is 13.9 Å². The van der Waals surface area contributed by atoms with E-state index >= 15 is 0 Å². The SMILES string of the molecule is CC[C@H](C)NC(=O)[C@@H](Cc1ccccc1)N(Cc1ccc(Br)cc1)C(=O)CN(c1cc(Cl)ccc1OC)S(=O)(=O)c1ccc(OC)c(OC)c1. The lowest BCUT2D eigenvalue weighted by Crippen LogP contribution is -2.54. The Labute approximate surface area is 307 Å². The van der Waals surface area contributed by atoms with E-state index in [0.29, 0.717) is 12.2 Å². The highest BCUT2D eigenvalue weighted by atomic mass is 79.9. The number of hydrogen-bond acceptors (Lipinski definition) is 7. The molecular formula is C37H41BrClN3O7S. The number of hydrogen-bond donors (Lipinski definition) is 1. The maximum absolute atomic E-state index is 14.8. The first-order valence-corrected chi connectivity index (χ1v) is 18.5. The molecule has 2 amide bonds. The molecule has 4 aromatic carbocycles. The molecule has 0 aliphatic heterocycles. The van der Waals surface area contributed by atoms with Gasteiger partial charge in [-0.25, -0.2) is 8.42 Å². The number of rotatable bonds is 16. The van der Waals surface area contributed by atoms with Crippen LogP contribution in [0.2, 0.25) is 5.02 Å². The molecule has 0 saturated carbocycles. The Morgan fingerprint density at radius 1 is 0.840 bits per heavy atom. The highest BCUT2D eigenvalue weighted by Gasteiger charge is 2.36. The number of benzene rings is 4. The second-order valence-electron chi connectivity index (χ2n) is 11.5. The van der Waals surface area contributed by atoms with Crippen molar-refractivity contribution in [3.63, 3.8) is 0 Å². The number of nitrogens with one attached hydrogen (secondary N) is 1. The van der Waals surface area contributed by atoms with Gasteiger partial charge in [0.1, 0.15) is 18.3 Å². The smallest absolute Gasteiger partial charge is 0.265 e. The number of nitrogens with zero attached hydrogens (tertiary/aromatic N) is 2. The first kappa shape index (κ1) is 38.5. The summed E-state index contributed by atoms with van der Waals surface area (Å²) in [4.78, 5) is 30.1. The van der Waals surface area contributed by atoms with Crippen LogP contribution < -0.4 is 23.8 Å². The summed E-state index contributed by atoms with van der Waals surface area (Å²) in [5.41, 5.74) is 1.61. The lowest BCUT2D eigenvalue weighted by atomic mass is 10.0. The monoisotopic (exact) mass is 785 g/mol. The van der Waals surface area contributed by atoms with Crippen LogP contribution in [0.4, 0.5) is 5.69 Å². The van der Waals surface area contributed by atoms with Crippen molar-refractivity contribution in [3.05, 3.63) is 112 Å². The number of anilines is 1. The summed E-state index contributed by atoms with van der Waals surface area (Å²) < 4.78 is 47.2. The number of sulfonamides is 1. The molecule has 0 aliphatic rings. The molecular weight excluding hydrogens is 746 g/mol. The molecule has 4 aromatic rings. The van der Waals surface area contributed by atoms with Crippen LogP contribution in [0.5, 0.6) is 17.2 Å². The van der Waals surface area contributed by atoms with Crippen LogP contribution in [0.15, 0.2) is 100 Å². The average molecular weight is 787 g/mol. The van der Waals surface area contributed by atoms with E-state index < -0.39 is 28.5 Å². The van der Waals surface area contributed by atoms with E-state index in [9.17, 15) is 18.0 Å². The molecule has 0 spiro atoms. The van der Waals surface area contributed by atoms with Crippen molar-refractivity contribution in [3.8, 4) is 17.2 Å². The van der Waals surface area contributed by atoms with Crippen LogP contribution in [-0.4, -0.2) is 65.1 Å². The topological polar surface area (TPSA) is 114 Å². The molecule has 0 heterocycles. The van der Waals surface area contributed by atoms with E-state index in [-0.39, 0.29) is 52.0 Å². The quantitative estimate of drug-likeness (QED) is 0.132. The fraction of sp³-hybridized carbons (Fsp3) is 0.297. The standard InChI is InChI=1S/C37H41BrClN3O7S/c1-6-25(2)40-37(44)32(20-26-10-8-7-9-11-26)41(23-27-12-14-28(38)15-13-27)36(43)24-42(31-21-29(39)16-18-33(31)47-3)50(45,46)30-17-19-34(48-4)35(22-30)49-5/h7-19,21-22,25,32H,6,20,23-24H2,1-5H3,(H,40,44)/t25-,32+/m0/s1. The predicted molar refractivity (Wildman–Crippen MR) is 199 cm³/mol. The summed E-state index contributed by atoms with van der Waals surface area (Å²) in [6, 6.07) is 24.2. The molecule has 4 rings (SSSR count). The van der Waals surface area contributed by atoms with Crippen LogP contribution >= 0.6 is 27.5 Å². The van der Waals surface area contributed by atoms with Gasteiger partial charge in [-0.2, -0.15) is 0 Å². The summed E-state index contributed by atoms with van der Waals surface area (Å²) in [6.45, 7) is 3.18. The summed E-state index contributed by atoms with van der Waals surface area (Å²) in [5.74, 6) is -0.311. The zero-order valence-electron chi connectivity index (χ0n) is 28.6. The van der Waals surface area contributed by atoms with Crippen LogP contribution in [0, 0.1) is 0 Å². The molecule has 266 valence electrons. The lowest BCUT2D eigenvalue weighted by Gasteiger charge is -2.34. The Balaban J connectivity index is 1.88. The number of carbonyl (C=O) groups is 2. The van der Waals surface area contributed by atoms with Crippen molar-refractivity contribution >= 4 is 55.1 Å². The second-order valence-corrected chi connectivity index (χ2v) is 14.7. The van der Waals surface area contributed by atoms with Crippen LogP contribution in [0.3, 0.4) is 0 Å². The third kappa shape index (κ3) is 9.49. The minimum atomic E-state index is -4.49. The minimum Gasteiger partial charge on any atom is -0.495 e. The van der Waals surface area contributed by atoms with Gasteiger partial charge in [0, 0.05) is 34.6 Å². The summed E-state index contributed by atoms with van der Waals surface area (Å²) in [6.07, 6.45) is 0.866. The third-order valence-electron chi connectivity index (χ3n) is 8.17. The Bertz CT molecular complexity index is 1880. The van der Waals surface area contributed by atoms with Gasteiger partial charge in [-0.15, -0.1) is 0 Å². The van der Waals surface area contributed by atoms with E-state index in [0.717, 1.165) is 19.9 Å². The fourth-order valence-corrected chi connectivity index (χ4v) is 7.12. The molecule has 10 nitrogen and oxygen atoms in total. The van der Waals surface area contributed by atoms with Gasteiger partial charge >= 0.3 is 0 Å². The van der Waals surface area contributed by atoms with Gasteiger partial charge in [0.15, 0.2) is 11.5 Å². The van der Waals surface area contributed by atoms with Crippen LogP contribution in [0.25, 0.3) is 0 Å². The number of halogens is 2. The number of amides is 2. The molecule has 0 saturated heterocycles. The van der Waals surface area contributed by atoms with E-state index in [1.165, 1.54) is 56.6 Å². The van der Waals surface area contributed by atoms with Crippen LogP contribution in [0.1, 0.15) is 31.4 Å². The first-order chi connectivity index (χ1) is 23.9. The van der Waals surface area contributed by atoms with E-state index in [1.54, 1.807) is 6.07 Å². The summed E-state index contributed by atoms with van der Waals surface area (Å²) in [7, 11) is -0.260. The average Bonchev–Trinajstić information content (AvgIpc) is 3.12. The van der Waals surface area contributed by atoms with Crippen molar-refractivity contribution < 1.29 is 32.2 Å². The van der Waals surface area contributed by atoms with Gasteiger partial charge in [0.05, 0.1) is 31.9 Å². The Kier molecular flexibility index (Phi) is 13.6. The highest BCUT2D eigenvalue weighted by Crippen LogP contribution is 2.37. The Morgan fingerprint density at radius 3 is 2.10 bits per heavy atom. The van der Waals surface area contributed by atoms with E-state index in [4.69, 9.17) is 25.8 Å². The second kappa shape index (κ2) is 17.6. The van der Waals surface area contributed by atoms with E-state index in [1.807, 2.05) is 68.4 Å². The largest absolute Gasteiger partial charge is 0.495 e. The molecule has 0 radical (unpaired) electrons. The summed E-state index contributed by atoms with van der Waals surface area (Å²) in [5, 5.41) is 3.26. The predicted octanol–water partition coefficient (Wildman–Crippen LogP) is 6.88. The molecule has 2 atom stereocenters. The molecule has 0 aliphatic carbocycles. The molecule has 0 bridgehead atoms. The van der Waals surface area contributed by atoms with Gasteiger partial charge in [-0.1, -0.05) is 76.9 Å². The molecule has 0 unspecified atom stereocenters. The number of ether oxygens (including phenoxy) is 3. The number of methoxy groups -OCH3 is 3. The molecule has 0 aromatic heterocycles. The normalized spacial score (nSPS) is 12.4. The van der Waals surface area contributed by atoms with Crippen LogP contribution in [-0.2, 0) is 32.6 Å². The zero-order chi connectivity index (χ0) is 36.4. The van der Waals surface area contributed by atoms with Gasteiger partial charge in [0.25, 0.3) is 10.0 Å². The lowest BCUT2D eigenvalue weighted by molar-refractivity contribution is -0.140. The van der Waals surface area contributed by atoms with Crippen molar-refractivity contribution in [1.29, 1.82) is 0 Å². The molecule has 50 heavy (non-hydrogen) atoms. The highest BCUT2D eigenvalue weighted by molar-refractivity contribution is 9.10. The van der Waals surface area contributed by atoms with Gasteiger partial charge in [0.2, 0.25) is 11.8 Å².